The van der Waals surface area contributed by atoms with Crippen molar-refractivity contribution in [2.75, 3.05) is 6.54 Å². The summed E-state index contributed by atoms with van der Waals surface area (Å²) >= 11 is 1.24. The van der Waals surface area contributed by atoms with Crippen LogP contribution in [0.15, 0.2) is 82.7 Å². The molecule has 0 unspecified atom stereocenters. The maximum absolute atomic E-state index is 12.5. The molecule has 0 bridgehead atoms. The van der Waals surface area contributed by atoms with E-state index in [2.05, 4.69) is 48.4 Å². The van der Waals surface area contributed by atoms with E-state index in [4.69, 9.17) is 4.74 Å². The third-order valence-electron chi connectivity index (χ3n) is 7.10. The molecule has 2 saturated heterocycles. The van der Waals surface area contributed by atoms with Crippen molar-refractivity contribution in [3.05, 3.63) is 100.0 Å². The first-order valence-corrected chi connectivity index (χ1v) is 16.0. The fourth-order valence-electron chi connectivity index (χ4n) is 4.73. The first-order valence-electron chi connectivity index (χ1n) is 13.7. The molecule has 5 rings (SSSR count). The quantitative estimate of drug-likeness (QED) is 0.306. The number of nitrogens with one attached hydrogen (secondary N) is 2. The summed E-state index contributed by atoms with van der Waals surface area (Å²) in [5.74, 6) is 0.566. The molecular formula is C31H32N4O5S2. The Kier molecular flexibility index (Phi) is 9.10. The average Bonchev–Trinajstić information content (AvgIpc) is 3.45. The largest absolute Gasteiger partial charge is 0.489 e. The van der Waals surface area contributed by atoms with Crippen molar-refractivity contribution in [3.63, 3.8) is 0 Å². The third-order valence-corrected chi connectivity index (χ3v) is 9.43. The highest BCUT2D eigenvalue weighted by Gasteiger charge is 2.33. The van der Waals surface area contributed by atoms with E-state index in [9.17, 15) is 18.0 Å². The molecule has 11 heteroatoms. The van der Waals surface area contributed by atoms with Crippen LogP contribution in [0.3, 0.4) is 0 Å². The molecular weight excluding hydrogens is 572 g/mol. The zero-order valence-electron chi connectivity index (χ0n) is 23.4. The van der Waals surface area contributed by atoms with Gasteiger partial charge in [0.25, 0.3) is 5.91 Å². The summed E-state index contributed by atoms with van der Waals surface area (Å²) in [6, 6.07) is 23.2. The number of thioether (sulfide) groups is 1. The lowest BCUT2D eigenvalue weighted by molar-refractivity contribution is -0.118. The summed E-state index contributed by atoms with van der Waals surface area (Å²) in [6.07, 6.45) is 4.08. The van der Waals surface area contributed by atoms with Gasteiger partial charge >= 0.3 is 10.2 Å². The van der Waals surface area contributed by atoms with Gasteiger partial charge in [-0.2, -0.15) is 12.7 Å². The van der Waals surface area contributed by atoms with E-state index in [0.29, 0.717) is 33.8 Å². The minimum atomic E-state index is -3.78. The van der Waals surface area contributed by atoms with Crippen LogP contribution < -0.4 is 14.8 Å². The van der Waals surface area contributed by atoms with Crippen molar-refractivity contribution in [1.82, 2.24) is 14.3 Å². The second-order valence-electron chi connectivity index (χ2n) is 10.1. The van der Waals surface area contributed by atoms with Gasteiger partial charge in [-0.1, -0.05) is 62.4 Å². The molecule has 0 aliphatic carbocycles. The summed E-state index contributed by atoms with van der Waals surface area (Å²) in [5, 5.41) is 3.23. The molecule has 42 heavy (non-hydrogen) atoms. The maximum atomic E-state index is 12.5. The summed E-state index contributed by atoms with van der Waals surface area (Å²) in [4.78, 5) is 29.0. The zero-order valence-corrected chi connectivity index (χ0v) is 25.0. The lowest BCUT2D eigenvalue weighted by Gasteiger charge is -2.13. The van der Waals surface area contributed by atoms with E-state index in [1.165, 1.54) is 17.3 Å². The Labute approximate surface area is 250 Å². The number of hydrogen-bond acceptors (Lipinski definition) is 7. The average molecular weight is 605 g/mol. The Balaban J connectivity index is 1.16. The SMILES string of the molecule is CCC(CC)c1ccc(COc2ccc(/C=C3/SC(=Nc4ccc(CN5CC(=O)NS5(=O)=O)cc4)NC3=O)cc2)cc1. The molecule has 0 atom stereocenters. The monoisotopic (exact) mass is 604 g/mol. The van der Waals surface area contributed by atoms with Crippen LogP contribution in [0.5, 0.6) is 5.75 Å². The second kappa shape index (κ2) is 12.9. The Hall–Kier alpha value is -3.93. The van der Waals surface area contributed by atoms with Gasteiger partial charge in [0.15, 0.2) is 5.17 Å². The first-order chi connectivity index (χ1) is 20.2. The number of carbonyl (C=O) groups excluding carboxylic acids is 2. The topological polar surface area (TPSA) is 117 Å². The van der Waals surface area contributed by atoms with Crippen molar-refractivity contribution >= 4 is 50.7 Å². The maximum Gasteiger partial charge on any atom is 0.304 e. The van der Waals surface area contributed by atoms with E-state index < -0.39 is 16.1 Å². The molecule has 2 amide bonds. The number of rotatable bonds is 10. The van der Waals surface area contributed by atoms with Crippen LogP contribution in [0, 0.1) is 0 Å². The smallest absolute Gasteiger partial charge is 0.304 e. The van der Waals surface area contributed by atoms with Crippen LogP contribution in [-0.4, -0.2) is 36.2 Å². The molecule has 3 aromatic rings. The number of amides is 2. The third kappa shape index (κ3) is 7.28. The van der Waals surface area contributed by atoms with Crippen LogP contribution in [0.4, 0.5) is 5.69 Å². The number of hydrogen-bond donors (Lipinski definition) is 2. The zero-order chi connectivity index (χ0) is 29.7. The van der Waals surface area contributed by atoms with Gasteiger partial charge in [0.05, 0.1) is 17.1 Å². The second-order valence-corrected chi connectivity index (χ2v) is 12.8. The highest BCUT2D eigenvalue weighted by molar-refractivity contribution is 8.18. The van der Waals surface area contributed by atoms with E-state index in [0.717, 1.165) is 34.0 Å². The number of nitrogens with zero attached hydrogens (tertiary/aromatic N) is 2. The Morgan fingerprint density at radius 2 is 1.62 bits per heavy atom. The van der Waals surface area contributed by atoms with Crippen LogP contribution in [0.25, 0.3) is 6.08 Å². The molecule has 9 nitrogen and oxygen atoms in total. The van der Waals surface area contributed by atoms with E-state index in [1.807, 2.05) is 29.0 Å². The normalized spacial score (nSPS) is 18.5. The Morgan fingerprint density at radius 1 is 0.952 bits per heavy atom. The number of aliphatic imine (C=N–C) groups is 1. The van der Waals surface area contributed by atoms with Crippen LogP contribution >= 0.6 is 11.8 Å². The fraction of sp³-hybridized carbons (Fsp3) is 0.258. The molecule has 2 aliphatic rings. The fourth-order valence-corrected chi connectivity index (χ4v) is 6.66. The van der Waals surface area contributed by atoms with Crippen LogP contribution in [0.1, 0.15) is 54.9 Å². The minimum Gasteiger partial charge on any atom is -0.489 e. The first kappa shape index (κ1) is 29.6. The Morgan fingerprint density at radius 3 is 2.24 bits per heavy atom. The van der Waals surface area contributed by atoms with Crippen molar-refractivity contribution in [1.29, 1.82) is 0 Å². The number of ether oxygens (including phenoxy) is 1. The van der Waals surface area contributed by atoms with Crippen molar-refractivity contribution in [3.8, 4) is 5.75 Å². The van der Waals surface area contributed by atoms with Crippen molar-refractivity contribution in [2.24, 2.45) is 4.99 Å². The summed E-state index contributed by atoms with van der Waals surface area (Å²) in [6.45, 7) is 4.79. The van der Waals surface area contributed by atoms with E-state index in [1.54, 1.807) is 30.3 Å². The lowest BCUT2D eigenvalue weighted by atomic mass is 9.93. The van der Waals surface area contributed by atoms with Crippen molar-refractivity contribution in [2.45, 2.75) is 45.8 Å². The molecule has 0 aromatic heterocycles. The van der Waals surface area contributed by atoms with E-state index in [-0.39, 0.29) is 19.0 Å². The molecule has 3 aromatic carbocycles. The predicted molar refractivity (Wildman–Crippen MR) is 165 cm³/mol. The summed E-state index contributed by atoms with van der Waals surface area (Å²) in [5.41, 5.74) is 4.67. The summed E-state index contributed by atoms with van der Waals surface area (Å²) in [7, 11) is -3.78. The molecule has 2 fully saturated rings. The van der Waals surface area contributed by atoms with E-state index >= 15 is 0 Å². The van der Waals surface area contributed by atoms with Gasteiger partial charge in [-0.15, -0.1) is 0 Å². The molecule has 2 N–H and O–H groups in total. The molecule has 2 heterocycles. The molecule has 0 spiro atoms. The Bertz CT molecular complexity index is 1610. The van der Waals surface area contributed by atoms with Gasteiger partial charge in [-0.05, 0) is 83.1 Å². The van der Waals surface area contributed by atoms with Gasteiger partial charge in [-0.25, -0.2) is 9.71 Å². The predicted octanol–water partition coefficient (Wildman–Crippen LogP) is 5.24. The van der Waals surface area contributed by atoms with Gasteiger partial charge in [0.1, 0.15) is 12.4 Å². The highest BCUT2D eigenvalue weighted by Crippen LogP contribution is 2.29. The lowest BCUT2D eigenvalue weighted by Crippen LogP contribution is -2.29. The van der Waals surface area contributed by atoms with Gasteiger partial charge in [-0.3, -0.25) is 9.59 Å². The van der Waals surface area contributed by atoms with Crippen LogP contribution in [-0.2, 0) is 33.0 Å². The summed E-state index contributed by atoms with van der Waals surface area (Å²) < 4.78 is 32.8. The molecule has 2 aliphatic heterocycles. The van der Waals surface area contributed by atoms with Gasteiger partial charge < -0.3 is 10.1 Å². The molecule has 0 saturated carbocycles. The molecule has 218 valence electrons. The molecule has 0 radical (unpaired) electrons. The number of amidine groups is 1. The van der Waals surface area contributed by atoms with Crippen LogP contribution in [0.2, 0.25) is 0 Å². The number of benzene rings is 3. The van der Waals surface area contributed by atoms with Crippen molar-refractivity contribution < 1.29 is 22.7 Å². The standard InChI is InChI=1S/C31H32N4O5S2/c1-3-24(4-2)25-11-5-23(6-12-25)20-40-27-15-9-21(10-16-27)17-28-30(37)33-31(41-28)32-26-13-7-22(8-14-26)18-35-19-29(36)34-42(35,38)39/h5-17,24H,3-4,18-20H2,1-2H3,(H,34,36)(H,32,33,37)/b28-17+. The minimum absolute atomic E-state index is 0.0751. The van der Waals surface area contributed by atoms with Gasteiger partial charge in [0.2, 0.25) is 5.91 Å². The number of carbonyl (C=O) groups is 2. The highest BCUT2D eigenvalue weighted by atomic mass is 32.2. The van der Waals surface area contributed by atoms with Gasteiger partial charge in [0, 0.05) is 6.54 Å².